The molecule has 3 heterocycles. The fourth-order valence-electron chi connectivity index (χ4n) is 3.57. The molecule has 0 amide bonds. The summed E-state index contributed by atoms with van der Waals surface area (Å²) in [5.41, 5.74) is 6.00. The van der Waals surface area contributed by atoms with E-state index >= 15 is 0 Å². The highest BCUT2D eigenvalue weighted by atomic mass is 79.9. The number of likely N-dealkylation sites (tertiary alicyclic amines) is 1. The predicted molar refractivity (Wildman–Crippen MR) is 79.0 cm³/mol. The molecule has 2 N–H and O–H groups in total. The highest BCUT2D eigenvalue weighted by molar-refractivity contribution is 9.10. The Balaban J connectivity index is 1.77. The van der Waals surface area contributed by atoms with Crippen molar-refractivity contribution < 1.29 is 4.42 Å². The van der Waals surface area contributed by atoms with Crippen LogP contribution in [0.5, 0.6) is 0 Å². The Hall–Kier alpha value is -0.360. The molecule has 2 fully saturated rings. The van der Waals surface area contributed by atoms with Crippen molar-refractivity contribution in [2.75, 3.05) is 26.7 Å². The third-order valence-corrected chi connectivity index (χ3v) is 5.19. The molecule has 1 aromatic heterocycles. The summed E-state index contributed by atoms with van der Waals surface area (Å²) in [5.74, 6) is 0.981. The van der Waals surface area contributed by atoms with Crippen LogP contribution in [0.25, 0.3) is 0 Å². The summed E-state index contributed by atoms with van der Waals surface area (Å²) in [7, 11) is 2.27. The smallest absolute Gasteiger partial charge is 0.169 e. The maximum Gasteiger partial charge on any atom is 0.169 e. The van der Waals surface area contributed by atoms with Crippen LogP contribution in [-0.4, -0.2) is 48.6 Å². The average Bonchev–Trinajstić information content (AvgIpc) is 2.88. The molecule has 1 aromatic rings. The lowest BCUT2D eigenvalue weighted by Crippen LogP contribution is -2.40. The summed E-state index contributed by atoms with van der Waals surface area (Å²) >= 11 is 3.38. The van der Waals surface area contributed by atoms with Gasteiger partial charge in [-0.2, -0.15) is 0 Å². The van der Waals surface area contributed by atoms with E-state index in [2.05, 4.69) is 32.8 Å². The summed E-state index contributed by atoms with van der Waals surface area (Å²) < 4.78 is 6.51. The van der Waals surface area contributed by atoms with Gasteiger partial charge in [0.05, 0.1) is 6.04 Å². The largest absolute Gasteiger partial charge is 0.453 e. The molecule has 2 aliphatic heterocycles. The lowest BCUT2D eigenvalue weighted by Gasteiger charge is -2.31. The third-order valence-electron chi connectivity index (χ3n) is 4.77. The molecule has 3 rings (SSSR count). The van der Waals surface area contributed by atoms with Crippen LogP contribution < -0.4 is 5.73 Å². The van der Waals surface area contributed by atoms with Crippen molar-refractivity contribution in [3.8, 4) is 0 Å². The van der Waals surface area contributed by atoms with Gasteiger partial charge in [0.1, 0.15) is 5.76 Å². The molecule has 0 aromatic carbocycles. The molecule has 0 aliphatic carbocycles. The van der Waals surface area contributed by atoms with E-state index in [-0.39, 0.29) is 6.04 Å². The van der Waals surface area contributed by atoms with Gasteiger partial charge < -0.3 is 10.2 Å². The number of furan rings is 1. The van der Waals surface area contributed by atoms with Gasteiger partial charge in [0.2, 0.25) is 0 Å². The molecule has 2 saturated heterocycles. The van der Waals surface area contributed by atoms with Crippen molar-refractivity contribution in [3.05, 3.63) is 22.6 Å². The second-order valence-electron chi connectivity index (χ2n) is 5.73. The molecule has 3 unspecified atom stereocenters. The molecular weight excluding hydrogens is 306 g/mol. The Morgan fingerprint density at radius 3 is 2.84 bits per heavy atom. The fraction of sp³-hybridized carbons (Fsp3) is 0.714. The maximum absolute atomic E-state index is 6.00. The zero-order chi connectivity index (χ0) is 13.4. The van der Waals surface area contributed by atoms with Gasteiger partial charge in [-0.25, -0.2) is 0 Å². The summed E-state index contributed by atoms with van der Waals surface area (Å²) in [6, 6.07) is 5.64. The second kappa shape index (κ2) is 5.56. The Labute approximate surface area is 123 Å². The first kappa shape index (κ1) is 13.6. The van der Waals surface area contributed by atoms with Gasteiger partial charge in [0, 0.05) is 31.7 Å². The SMILES string of the molecule is CN1C2CCC1CN(C(CN)c1ccc(Br)o1)CC2. The maximum atomic E-state index is 6.00. The minimum atomic E-state index is 0.207. The monoisotopic (exact) mass is 327 g/mol. The van der Waals surface area contributed by atoms with Crippen molar-refractivity contribution in [3.63, 3.8) is 0 Å². The van der Waals surface area contributed by atoms with E-state index in [0.29, 0.717) is 12.6 Å². The molecule has 106 valence electrons. The van der Waals surface area contributed by atoms with Crippen molar-refractivity contribution in [2.45, 2.75) is 37.4 Å². The highest BCUT2D eigenvalue weighted by Crippen LogP contribution is 2.33. The average molecular weight is 328 g/mol. The van der Waals surface area contributed by atoms with Crippen molar-refractivity contribution >= 4 is 15.9 Å². The minimum Gasteiger partial charge on any atom is -0.453 e. The number of hydrogen-bond donors (Lipinski definition) is 1. The second-order valence-corrected chi connectivity index (χ2v) is 6.51. The zero-order valence-corrected chi connectivity index (χ0v) is 13.0. The number of nitrogens with zero attached hydrogens (tertiary/aromatic N) is 2. The van der Waals surface area contributed by atoms with E-state index in [1.54, 1.807) is 0 Å². The van der Waals surface area contributed by atoms with Crippen LogP contribution in [0.4, 0.5) is 0 Å². The zero-order valence-electron chi connectivity index (χ0n) is 11.4. The van der Waals surface area contributed by atoms with E-state index < -0.39 is 0 Å². The van der Waals surface area contributed by atoms with Gasteiger partial charge in [-0.3, -0.25) is 9.80 Å². The van der Waals surface area contributed by atoms with E-state index in [9.17, 15) is 0 Å². The first-order valence-corrected chi connectivity index (χ1v) is 7.89. The number of fused-ring (bicyclic) bond motifs is 2. The quantitative estimate of drug-likeness (QED) is 0.924. The molecule has 2 bridgehead atoms. The number of likely N-dealkylation sites (N-methyl/N-ethyl adjacent to an activating group) is 1. The molecule has 0 saturated carbocycles. The molecule has 0 radical (unpaired) electrons. The first-order valence-electron chi connectivity index (χ1n) is 7.10. The van der Waals surface area contributed by atoms with E-state index in [4.69, 9.17) is 10.2 Å². The molecule has 5 heteroatoms. The number of nitrogens with two attached hydrogens (primary N) is 1. The van der Waals surface area contributed by atoms with Crippen LogP contribution in [0.1, 0.15) is 31.1 Å². The topological polar surface area (TPSA) is 45.6 Å². The fourth-order valence-corrected chi connectivity index (χ4v) is 3.89. The van der Waals surface area contributed by atoms with E-state index in [0.717, 1.165) is 29.6 Å². The van der Waals surface area contributed by atoms with E-state index in [1.165, 1.54) is 19.3 Å². The van der Waals surface area contributed by atoms with Crippen LogP contribution in [0, 0.1) is 0 Å². The standard InChI is InChI=1S/C14H22BrN3O/c1-17-10-2-3-11(17)9-18(7-6-10)12(8-16)13-4-5-14(15)19-13/h4-5,10-12H,2-3,6-9,16H2,1H3. The highest BCUT2D eigenvalue weighted by Gasteiger charge is 2.37. The van der Waals surface area contributed by atoms with Gasteiger partial charge in [-0.05, 0) is 54.4 Å². The lowest BCUT2D eigenvalue weighted by molar-refractivity contribution is 0.157. The summed E-state index contributed by atoms with van der Waals surface area (Å²) in [5, 5.41) is 0. The van der Waals surface area contributed by atoms with Crippen molar-refractivity contribution in [2.24, 2.45) is 5.73 Å². The molecule has 0 spiro atoms. The van der Waals surface area contributed by atoms with Crippen LogP contribution in [0.15, 0.2) is 21.2 Å². The van der Waals surface area contributed by atoms with Crippen LogP contribution in [0.3, 0.4) is 0 Å². The summed E-state index contributed by atoms with van der Waals surface area (Å²) in [4.78, 5) is 5.07. The molecule has 4 nitrogen and oxygen atoms in total. The minimum absolute atomic E-state index is 0.207. The van der Waals surface area contributed by atoms with Gasteiger partial charge in [0.15, 0.2) is 4.67 Å². The van der Waals surface area contributed by atoms with Crippen molar-refractivity contribution in [1.82, 2.24) is 9.80 Å². The molecule has 2 aliphatic rings. The van der Waals surface area contributed by atoms with Crippen molar-refractivity contribution in [1.29, 1.82) is 0 Å². The summed E-state index contributed by atoms with van der Waals surface area (Å²) in [6.07, 6.45) is 3.91. The Morgan fingerprint density at radius 1 is 1.37 bits per heavy atom. The van der Waals surface area contributed by atoms with Gasteiger partial charge in [-0.15, -0.1) is 0 Å². The van der Waals surface area contributed by atoms with Gasteiger partial charge in [0.25, 0.3) is 0 Å². The number of rotatable bonds is 3. The van der Waals surface area contributed by atoms with Gasteiger partial charge >= 0.3 is 0 Å². The molecular formula is C14H22BrN3O. The lowest BCUT2D eigenvalue weighted by atomic mass is 10.1. The predicted octanol–water partition coefficient (Wildman–Crippen LogP) is 2.21. The molecule has 3 atom stereocenters. The van der Waals surface area contributed by atoms with Crippen LogP contribution >= 0.6 is 15.9 Å². The first-order chi connectivity index (χ1) is 9.19. The number of halogens is 1. The third kappa shape index (κ3) is 2.61. The van der Waals surface area contributed by atoms with E-state index in [1.807, 2.05) is 12.1 Å². The Morgan fingerprint density at radius 2 is 2.16 bits per heavy atom. The van der Waals surface area contributed by atoms with Crippen LogP contribution in [0.2, 0.25) is 0 Å². The Kier molecular flexibility index (Phi) is 3.98. The van der Waals surface area contributed by atoms with Gasteiger partial charge in [-0.1, -0.05) is 0 Å². The normalized spacial score (nSPS) is 30.5. The summed E-state index contributed by atoms with van der Waals surface area (Å²) in [6.45, 7) is 2.83. The molecule has 19 heavy (non-hydrogen) atoms. The Bertz CT molecular complexity index is 436. The van der Waals surface area contributed by atoms with Crippen LogP contribution in [-0.2, 0) is 0 Å². The number of hydrogen-bond acceptors (Lipinski definition) is 4.